The lowest BCUT2D eigenvalue weighted by molar-refractivity contribution is -0.117. The van der Waals surface area contributed by atoms with E-state index in [0.717, 1.165) is 0 Å². The number of ether oxygens (including phenoxy) is 1. The molecular formula is C13H16FNO3S. The van der Waals surface area contributed by atoms with E-state index in [1.165, 1.54) is 17.8 Å². The van der Waals surface area contributed by atoms with E-state index in [9.17, 15) is 14.0 Å². The quantitative estimate of drug-likeness (QED) is 0.903. The minimum atomic E-state index is -0.758. The molecular weight excluding hydrogens is 269 g/mol. The molecule has 0 aromatic heterocycles. The number of alkyl carbamates (subject to hydrolysis) is 1. The summed E-state index contributed by atoms with van der Waals surface area (Å²) < 4.78 is 18.1. The molecule has 0 aliphatic heterocycles. The second-order valence-corrected chi connectivity index (χ2v) is 5.07. The van der Waals surface area contributed by atoms with Gasteiger partial charge in [0.25, 0.3) is 0 Å². The second-order valence-electron chi connectivity index (χ2n) is 3.74. The third kappa shape index (κ3) is 5.30. The smallest absolute Gasteiger partial charge is 0.413 e. The fourth-order valence-corrected chi connectivity index (χ4v) is 2.26. The van der Waals surface area contributed by atoms with Crippen LogP contribution in [0.1, 0.15) is 24.7 Å². The summed E-state index contributed by atoms with van der Waals surface area (Å²) in [6.07, 6.45) is -0.758. The van der Waals surface area contributed by atoms with E-state index in [0.29, 0.717) is 5.56 Å². The van der Waals surface area contributed by atoms with E-state index in [2.05, 4.69) is 10.1 Å². The Labute approximate surface area is 115 Å². The zero-order valence-electron chi connectivity index (χ0n) is 10.8. The van der Waals surface area contributed by atoms with Gasteiger partial charge in [0.1, 0.15) is 5.82 Å². The molecule has 1 aromatic rings. The first-order chi connectivity index (χ1) is 9.04. The number of rotatable bonds is 5. The van der Waals surface area contributed by atoms with Gasteiger partial charge in [-0.05, 0) is 19.9 Å². The summed E-state index contributed by atoms with van der Waals surface area (Å²) in [6, 6.07) is 6.42. The Morgan fingerprint density at radius 1 is 1.42 bits per heavy atom. The maximum atomic E-state index is 13.5. The van der Waals surface area contributed by atoms with Crippen molar-refractivity contribution in [3.8, 4) is 0 Å². The number of hydrogen-bond acceptors (Lipinski definition) is 4. The van der Waals surface area contributed by atoms with Crippen LogP contribution < -0.4 is 5.32 Å². The lowest BCUT2D eigenvalue weighted by atomic mass is 10.1. The van der Waals surface area contributed by atoms with E-state index in [-0.39, 0.29) is 23.4 Å². The second kappa shape index (κ2) is 7.78. The van der Waals surface area contributed by atoms with Crippen molar-refractivity contribution in [1.82, 2.24) is 5.32 Å². The Morgan fingerprint density at radius 3 is 2.74 bits per heavy atom. The van der Waals surface area contributed by atoms with Crippen LogP contribution in [0, 0.1) is 5.82 Å². The van der Waals surface area contributed by atoms with Crippen LogP contribution >= 0.6 is 11.8 Å². The summed E-state index contributed by atoms with van der Waals surface area (Å²) in [4.78, 5) is 22.4. The number of carbonyl (C=O) groups excluding carboxylic acids is 2. The lowest BCUT2D eigenvalue weighted by Gasteiger charge is -2.12. The van der Waals surface area contributed by atoms with Crippen molar-refractivity contribution in [1.29, 1.82) is 0 Å². The lowest BCUT2D eigenvalue weighted by Crippen LogP contribution is -2.32. The molecule has 19 heavy (non-hydrogen) atoms. The van der Waals surface area contributed by atoms with Gasteiger partial charge in [0.05, 0.1) is 12.4 Å². The number of halogens is 1. The zero-order chi connectivity index (χ0) is 14.3. The molecule has 0 fully saturated rings. The summed E-state index contributed by atoms with van der Waals surface area (Å²) in [6.45, 7) is 3.66. The highest BCUT2D eigenvalue weighted by Gasteiger charge is 2.14. The normalized spacial score (nSPS) is 11.7. The predicted molar refractivity (Wildman–Crippen MR) is 72.4 cm³/mol. The van der Waals surface area contributed by atoms with E-state index in [1.54, 1.807) is 32.0 Å². The average molecular weight is 285 g/mol. The molecule has 0 bridgehead atoms. The largest absolute Gasteiger partial charge is 0.450 e. The van der Waals surface area contributed by atoms with Gasteiger partial charge in [0.15, 0.2) is 0 Å². The highest BCUT2D eigenvalue weighted by molar-refractivity contribution is 8.00. The number of benzene rings is 1. The molecule has 4 nitrogen and oxygen atoms in total. The third-order valence-electron chi connectivity index (χ3n) is 2.32. The maximum Gasteiger partial charge on any atom is 0.413 e. The van der Waals surface area contributed by atoms with Crippen LogP contribution in [-0.2, 0) is 9.53 Å². The van der Waals surface area contributed by atoms with Crippen molar-refractivity contribution < 1.29 is 18.7 Å². The van der Waals surface area contributed by atoms with Crippen molar-refractivity contribution in [2.24, 2.45) is 0 Å². The van der Waals surface area contributed by atoms with E-state index >= 15 is 0 Å². The molecule has 0 heterocycles. The van der Waals surface area contributed by atoms with Crippen LogP contribution in [0.5, 0.6) is 0 Å². The Kier molecular flexibility index (Phi) is 6.35. The monoisotopic (exact) mass is 285 g/mol. The average Bonchev–Trinajstić information content (AvgIpc) is 2.36. The molecule has 1 aromatic carbocycles. The van der Waals surface area contributed by atoms with Crippen molar-refractivity contribution in [3.63, 3.8) is 0 Å². The number of thioether (sulfide) groups is 1. The van der Waals surface area contributed by atoms with Crippen molar-refractivity contribution >= 4 is 23.8 Å². The Hall–Kier alpha value is -1.56. The van der Waals surface area contributed by atoms with Gasteiger partial charge in [-0.25, -0.2) is 9.18 Å². The summed E-state index contributed by atoms with van der Waals surface area (Å²) >= 11 is 1.25. The summed E-state index contributed by atoms with van der Waals surface area (Å²) in [7, 11) is 0. The van der Waals surface area contributed by atoms with Gasteiger partial charge in [0, 0.05) is 10.8 Å². The van der Waals surface area contributed by atoms with Crippen LogP contribution in [0.3, 0.4) is 0 Å². The zero-order valence-corrected chi connectivity index (χ0v) is 11.6. The molecule has 1 atom stereocenters. The first kappa shape index (κ1) is 15.5. The predicted octanol–water partition coefficient (Wildman–Crippen LogP) is 2.89. The standard InChI is InChI=1S/C13H16FNO3S/c1-3-18-13(17)15-12(16)8-19-9(2)10-6-4-5-7-11(10)14/h4-7,9H,3,8H2,1-2H3,(H,15,16,17)/t9-/m1/s1. The molecule has 6 heteroatoms. The summed E-state index contributed by atoms with van der Waals surface area (Å²) in [5.41, 5.74) is 0.538. The highest BCUT2D eigenvalue weighted by atomic mass is 32.2. The Bertz CT molecular complexity index is 453. The number of amides is 2. The van der Waals surface area contributed by atoms with Gasteiger partial charge in [-0.1, -0.05) is 18.2 Å². The molecule has 0 unspecified atom stereocenters. The highest BCUT2D eigenvalue weighted by Crippen LogP contribution is 2.29. The molecule has 0 aliphatic rings. The number of carbonyl (C=O) groups is 2. The van der Waals surface area contributed by atoms with Crippen LogP contribution in [0.15, 0.2) is 24.3 Å². The molecule has 0 spiro atoms. The number of nitrogens with one attached hydrogen (secondary N) is 1. The van der Waals surface area contributed by atoms with Crippen LogP contribution in [-0.4, -0.2) is 24.4 Å². The molecule has 104 valence electrons. The molecule has 0 aliphatic carbocycles. The van der Waals surface area contributed by atoms with Crippen LogP contribution in [0.25, 0.3) is 0 Å². The molecule has 0 saturated heterocycles. The molecule has 2 amide bonds. The summed E-state index contributed by atoms with van der Waals surface area (Å²) in [5.74, 6) is -0.686. The molecule has 1 N–H and O–H groups in total. The fraction of sp³-hybridized carbons (Fsp3) is 0.385. The van der Waals surface area contributed by atoms with Gasteiger partial charge < -0.3 is 4.74 Å². The van der Waals surface area contributed by atoms with Crippen molar-refractivity contribution in [3.05, 3.63) is 35.6 Å². The van der Waals surface area contributed by atoms with Gasteiger partial charge in [-0.3, -0.25) is 10.1 Å². The topological polar surface area (TPSA) is 55.4 Å². The van der Waals surface area contributed by atoms with Crippen molar-refractivity contribution in [2.45, 2.75) is 19.1 Å². The van der Waals surface area contributed by atoms with Gasteiger partial charge in [-0.15, -0.1) is 11.8 Å². The fourth-order valence-electron chi connectivity index (χ4n) is 1.41. The summed E-state index contributed by atoms with van der Waals surface area (Å²) in [5, 5.41) is 1.92. The van der Waals surface area contributed by atoms with Gasteiger partial charge >= 0.3 is 6.09 Å². The first-order valence-electron chi connectivity index (χ1n) is 5.87. The first-order valence-corrected chi connectivity index (χ1v) is 6.92. The molecule has 0 saturated carbocycles. The minimum Gasteiger partial charge on any atom is -0.450 e. The van der Waals surface area contributed by atoms with E-state index in [1.807, 2.05) is 0 Å². The van der Waals surface area contributed by atoms with Crippen LogP contribution in [0.4, 0.5) is 9.18 Å². The van der Waals surface area contributed by atoms with E-state index < -0.39 is 12.0 Å². The Balaban J connectivity index is 2.42. The maximum absolute atomic E-state index is 13.5. The van der Waals surface area contributed by atoms with Gasteiger partial charge in [-0.2, -0.15) is 0 Å². The Morgan fingerprint density at radius 2 is 2.11 bits per heavy atom. The minimum absolute atomic E-state index is 0.0638. The van der Waals surface area contributed by atoms with Gasteiger partial charge in [0.2, 0.25) is 5.91 Å². The molecule has 0 radical (unpaired) electrons. The van der Waals surface area contributed by atoms with Crippen molar-refractivity contribution in [2.75, 3.05) is 12.4 Å². The van der Waals surface area contributed by atoms with E-state index in [4.69, 9.17) is 0 Å². The molecule has 1 rings (SSSR count). The number of hydrogen-bond donors (Lipinski definition) is 1. The van der Waals surface area contributed by atoms with Crippen LogP contribution in [0.2, 0.25) is 0 Å². The SMILES string of the molecule is CCOC(=O)NC(=O)CS[C@H](C)c1ccccc1F. The number of imide groups is 1. The third-order valence-corrected chi connectivity index (χ3v) is 3.51.